The number of rotatable bonds is 4. The number of ether oxygens (including phenoxy) is 1. The number of nitrogens with zero attached hydrogens (tertiary/aromatic N) is 1. The number of aromatic nitrogens is 1. The Hall–Kier alpha value is -2.88. The summed E-state index contributed by atoms with van der Waals surface area (Å²) in [5, 5.41) is 4.20. The number of nitrogens with one attached hydrogen (secondary N) is 1. The fraction of sp³-hybridized carbons (Fsp3) is 0.360. The summed E-state index contributed by atoms with van der Waals surface area (Å²) in [5.41, 5.74) is 3.24. The summed E-state index contributed by atoms with van der Waals surface area (Å²) in [7, 11) is 1.65. The monoisotopic (exact) mass is 388 g/mol. The molecule has 0 spiro atoms. The quantitative estimate of drug-likeness (QED) is 0.619. The number of hydrogen-bond donors (Lipinski definition) is 1. The van der Waals surface area contributed by atoms with Gasteiger partial charge < -0.3 is 10.1 Å². The lowest BCUT2D eigenvalue weighted by Gasteiger charge is -2.21. The normalized spacial score (nSPS) is 15.5. The van der Waals surface area contributed by atoms with E-state index in [1.165, 1.54) is 32.1 Å². The molecule has 1 fully saturated rings. The number of para-hydroxylation sites is 1. The van der Waals surface area contributed by atoms with Gasteiger partial charge >= 0.3 is 0 Å². The molecule has 0 unspecified atom stereocenters. The molecule has 1 aliphatic rings. The molecule has 2 aromatic carbocycles. The average Bonchev–Trinajstić information content (AvgIpc) is 2.74. The number of benzene rings is 2. The molecular weight excluding hydrogens is 360 g/mol. The Morgan fingerprint density at radius 1 is 0.966 bits per heavy atom. The fourth-order valence-electron chi connectivity index (χ4n) is 4.16. The van der Waals surface area contributed by atoms with E-state index in [-0.39, 0.29) is 11.9 Å². The third kappa shape index (κ3) is 4.58. The molecule has 1 amide bonds. The molecule has 0 radical (unpaired) electrons. The lowest BCUT2D eigenvalue weighted by molar-refractivity contribution is 0.0932. The number of carbonyl (C=O) groups is 1. The molecule has 4 heteroatoms. The Kier molecular flexibility index (Phi) is 6.09. The van der Waals surface area contributed by atoms with Crippen molar-refractivity contribution in [1.82, 2.24) is 10.3 Å². The number of methoxy groups -OCH3 is 1. The van der Waals surface area contributed by atoms with Gasteiger partial charge in [-0.15, -0.1) is 0 Å². The standard InChI is InChI=1S/C25H28N2O2/c1-29-20-13-9-10-18(16-20)24-17-22(21-14-7-8-15-23(21)27-24)25(28)26-19-11-5-3-2-4-6-12-19/h7-10,13-17,19H,2-6,11-12H2,1H3,(H,26,28). The van der Waals surface area contributed by atoms with Gasteiger partial charge in [0, 0.05) is 17.0 Å². The predicted octanol–water partition coefficient (Wildman–Crippen LogP) is 5.75. The second-order valence-electron chi connectivity index (χ2n) is 7.82. The second-order valence-corrected chi connectivity index (χ2v) is 7.82. The second kappa shape index (κ2) is 9.08. The lowest BCUT2D eigenvalue weighted by Crippen LogP contribution is -2.35. The van der Waals surface area contributed by atoms with Gasteiger partial charge in [-0.05, 0) is 37.1 Å². The van der Waals surface area contributed by atoms with Crippen LogP contribution in [0.1, 0.15) is 55.3 Å². The van der Waals surface area contributed by atoms with Crippen LogP contribution >= 0.6 is 0 Å². The first-order chi connectivity index (χ1) is 14.2. The lowest BCUT2D eigenvalue weighted by atomic mass is 9.96. The molecule has 150 valence electrons. The van der Waals surface area contributed by atoms with Gasteiger partial charge in [0.2, 0.25) is 0 Å². The number of carbonyl (C=O) groups excluding carboxylic acids is 1. The van der Waals surface area contributed by atoms with E-state index in [4.69, 9.17) is 9.72 Å². The van der Waals surface area contributed by atoms with Crippen molar-refractivity contribution in [2.45, 2.75) is 51.0 Å². The zero-order chi connectivity index (χ0) is 20.1. The van der Waals surface area contributed by atoms with E-state index in [0.29, 0.717) is 5.56 Å². The van der Waals surface area contributed by atoms with Gasteiger partial charge in [-0.25, -0.2) is 4.98 Å². The summed E-state index contributed by atoms with van der Waals surface area (Å²) in [5.74, 6) is 0.774. The molecular formula is C25H28N2O2. The molecule has 1 aromatic heterocycles. The summed E-state index contributed by atoms with van der Waals surface area (Å²) in [6.45, 7) is 0. The SMILES string of the molecule is COc1cccc(-c2cc(C(=O)NC3CCCCCCC3)c3ccccc3n2)c1. The van der Waals surface area contributed by atoms with E-state index in [9.17, 15) is 4.79 Å². The third-order valence-corrected chi connectivity index (χ3v) is 5.77. The molecule has 3 aromatic rings. The topological polar surface area (TPSA) is 51.2 Å². The van der Waals surface area contributed by atoms with Gasteiger partial charge in [0.1, 0.15) is 5.75 Å². The van der Waals surface area contributed by atoms with E-state index in [1.54, 1.807) is 7.11 Å². The van der Waals surface area contributed by atoms with E-state index in [2.05, 4.69) is 5.32 Å². The van der Waals surface area contributed by atoms with Gasteiger partial charge in [0.25, 0.3) is 5.91 Å². The maximum Gasteiger partial charge on any atom is 0.252 e. The first-order valence-corrected chi connectivity index (χ1v) is 10.6. The van der Waals surface area contributed by atoms with Crippen molar-refractivity contribution in [2.75, 3.05) is 7.11 Å². The highest BCUT2D eigenvalue weighted by Gasteiger charge is 2.18. The summed E-state index contributed by atoms with van der Waals surface area (Å²) in [6.07, 6.45) is 8.37. The summed E-state index contributed by atoms with van der Waals surface area (Å²) >= 11 is 0. The van der Waals surface area contributed by atoms with Gasteiger partial charge in [0.05, 0.1) is 23.9 Å². The summed E-state index contributed by atoms with van der Waals surface area (Å²) in [4.78, 5) is 18.1. The summed E-state index contributed by atoms with van der Waals surface area (Å²) < 4.78 is 5.36. The van der Waals surface area contributed by atoms with Crippen molar-refractivity contribution in [3.05, 3.63) is 60.2 Å². The van der Waals surface area contributed by atoms with Crippen LogP contribution in [0.3, 0.4) is 0 Å². The van der Waals surface area contributed by atoms with Crippen molar-refractivity contribution >= 4 is 16.8 Å². The minimum atomic E-state index is -0.00156. The van der Waals surface area contributed by atoms with Crippen LogP contribution in [0.5, 0.6) is 5.75 Å². The largest absolute Gasteiger partial charge is 0.497 e. The summed E-state index contributed by atoms with van der Waals surface area (Å²) in [6, 6.07) is 17.8. The van der Waals surface area contributed by atoms with E-state index >= 15 is 0 Å². The molecule has 1 saturated carbocycles. The van der Waals surface area contributed by atoms with Crippen LogP contribution in [-0.4, -0.2) is 24.0 Å². The van der Waals surface area contributed by atoms with Crippen LogP contribution in [0.2, 0.25) is 0 Å². The fourth-order valence-corrected chi connectivity index (χ4v) is 4.16. The van der Waals surface area contributed by atoms with Crippen molar-refractivity contribution in [2.24, 2.45) is 0 Å². The van der Waals surface area contributed by atoms with Crippen molar-refractivity contribution in [1.29, 1.82) is 0 Å². The minimum absolute atomic E-state index is 0.00156. The molecule has 0 atom stereocenters. The van der Waals surface area contributed by atoms with Crippen molar-refractivity contribution in [3.8, 4) is 17.0 Å². The van der Waals surface area contributed by atoms with Crippen LogP contribution in [0.15, 0.2) is 54.6 Å². The van der Waals surface area contributed by atoms with Gasteiger partial charge in [-0.3, -0.25) is 4.79 Å². The van der Waals surface area contributed by atoms with Crippen molar-refractivity contribution < 1.29 is 9.53 Å². The molecule has 1 heterocycles. The number of fused-ring (bicyclic) bond motifs is 1. The Morgan fingerprint density at radius 2 is 1.72 bits per heavy atom. The highest BCUT2D eigenvalue weighted by atomic mass is 16.5. The molecule has 0 saturated heterocycles. The van der Waals surface area contributed by atoms with E-state index in [1.807, 2.05) is 54.6 Å². The number of hydrogen-bond acceptors (Lipinski definition) is 3. The number of amides is 1. The Bertz CT molecular complexity index is 991. The molecule has 0 aliphatic heterocycles. The maximum absolute atomic E-state index is 13.3. The minimum Gasteiger partial charge on any atom is -0.497 e. The van der Waals surface area contributed by atoms with Crippen LogP contribution in [0.25, 0.3) is 22.2 Å². The average molecular weight is 389 g/mol. The highest BCUT2D eigenvalue weighted by molar-refractivity contribution is 6.07. The Morgan fingerprint density at radius 3 is 2.52 bits per heavy atom. The van der Waals surface area contributed by atoms with E-state index < -0.39 is 0 Å². The van der Waals surface area contributed by atoms with Crippen LogP contribution in [0, 0.1) is 0 Å². The first kappa shape index (κ1) is 19.4. The maximum atomic E-state index is 13.3. The van der Waals surface area contributed by atoms with Crippen molar-refractivity contribution in [3.63, 3.8) is 0 Å². The number of pyridine rings is 1. The molecule has 0 bridgehead atoms. The first-order valence-electron chi connectivity index (χ1n) is 10.6. The highest BCUT2D eigenvalue weighted by Crippen LogP contribution is 2.27. The Balaban J connectivity index is 1.69. The van der Waals surface area contributed by atoms with Crippen LogP contribution < -0.4 is 10.1 Å². The molecule has 1 N–H and O–H groups in total. The zero-order valence-electron chi connectivity index (χ0n) is 17.0. The molecule has 1 aliphatic carbocycles. The van der Waals surface area contributed by atoms with Crippen LogP contribution in [-0.2, 0) is 0 Å². The zero-order valence-corrected chi connectivity index (χ0v) is 17.0. The molecule has 29 heavy (non-hydrogen) atoms. The Labute approximate surface area is 172 Å². The smallest absolute Gasteiger partial charge is 0.252 e. The van der Waals surface area contributed by atoms with Crippen LogP contribution in [0.4, 0.5) is 0 Å². The predicted molar refractivity (Wildman–Crippen MR) is 117 cm³/mol. The van der Waals surface area contributed by atoms with Gasteiger partial charge in [-0.1, -0.05) is 62.4 Å². The molecule has 4 rings (SSSR count). The van der Waals surface area contributed by atoms with E-state index in [0.717, 1.165) is 40.8 Å². The third-order valence-electron chi connectivity index (χ3n) is 5.77. The van der Waals surface area contributed by atoms with Gasteiger partial charge in [-0.2, -0.15) is 0 Å². The molecule has 4 nitrogen and oxygen atoms in total. The van der Waals surface area contributed by atoms with Gasteiger partial charge in [0.15, 0.2) is 0 Å².